The van der Waals surface area contributed by atoms with Crippen molar-refractivity contribution in [1.29, 1.82) is 0 Å². The second kappa shape index (κ2) is 10.3. The van der Waals surface area contributed by atoms with E-state index in [9.17, 15) is 9.59 Å². The zero-order valence-electron chi connectivity index (χ0n) is 19.7. The Labute approximate surface area is 219 Å². The summed E-state index contributed by atoms with van der Waals surface area (Å²) >= 11 is 9.93. The lowest BCUT2D eigenvalue weighted by Gasteiger charge is -2.34. The molecule has 0 unspecified atom stereocenters. The predicted octanol–water partition coefficient (Wildman–Crippen LogP) is 5.20. The Balaban J connectivity index is 1.34. The maximum Gasteiger partial charge on any atom is 0.314 e. The Hall–Kier alpha value is -2.38. The highest BCUT2D eigenvalue weighted by Crippen LogP contribution is 2.39. The molecule has 2 aromatic rings. The van der Waals surface area contributed by atoms with E-state index in [0.717, 1.165) is 66.8 Å². The van der Waals surface area contributed by atoms with E-state index in [4.69, 9.17) is 22.3 Å². The van der Waals surface area contributed by atoms with Gasteiger partial charge in [0.25, 0.3) is 0 Å². The van der Waals surface area contributed by atoms with Crippen LogP contribution in [0.1, 0.15) is 54.5 Å². The van der Waals surface area contributed by atoms with Crippen LogP contribution in [0.3, 0.4) is 0 Å². The fourth-order valence-electron chi connectivity index (χ4n) is 5.67. The number of amides is 3. The molecule has 0 saturated carbocycles. The van der Waals surface area contributed by atoms with Gasteiger partial charge in [-0.25, -0.2) is 4.79 Å². The lowest BCUT2D eigenvalue weighted by molar-refractivity contribution is -0.132. The van der Waals surface area contributed by atoms with E-state index in [0.29, 0.717) is 25.4 Å². The number of primary amides is 1. The first kappa shape index (κ1) is 24.3. The number of nitrogens with zero attached hydrogens (tertiary/aromatic N) is 3. The van der Waals surface area contributed by atoms with Gasteiger partial charge in [-0.3, -0.25) is 9.78 Å². The summed E-state index contributed by atoms with van der Waals surface area (Å²) in [4.78, 5) is 33.0. The van der Waals surface area contributed by atoms with E-state index in [1.807, 2.05) is 17.2 Å². The van der Waals surface area contributed by atoms with Crippen molar-refractivity contribution in [2.45, 2.75) is 44.9 Å². The molecule has 3 heterocycles. The van der Waals surface area contributed by atoms with Crippen molar-refractivity contribution < 1.29 is 9.59 Å². The largest absolute Gasteiger partial charge is 0.351 e. The Kier molecular flexibility index (Phi) is 7.17. The molecule has 0 radical (unpaired) electrons. The molecule has 2 N–H and O–H groups in total. The first-order valence-electron chi connectivity index (χ1n) is 12.4. The van der Waals surface area contributed by atoms with Crippen LogP contribution in [0.5, 0.6) is 0 Å². The number of halogens is 2. The number of rotatable bonds is 2. The second-order valence-corrected chi connectivity index (χ2v) is 11.1. The van der Waals surface area contributed by atoms with Gasteiger partial charge in [0.1, 0.15) is 0 Å². The molecule has 8 heteroatoms. The van der Waals surface area contributed by atoms with Crippen molar-refractivity contribution >= 4 is 45.0 Å². The van der Waals surface area contributed by atoms with Gasteiger partial charge in [0.05, 0.1) is 5.69 Å². The molecule has 184 valence electrons. The number of aromatic nitrogens is 1. The minimum atomic E-state index is -0.364. The number of aryl methyl sites for hydroxylation is 2. The maximum atomic E-state index is 13.1. The number of fused-ring (bicyclic) bond motifs is 2. The minimum Gasteiger partial charge on any atom is -0.351 e. The van der Waals surface area contributed by atoms with Gasteiger partial charge < -0.3 is 15.5 Å². The monoisotopic (exact) mass is 556 g/mol. The molecule has 0 spiro atoms. The van der Waals surface area contributed by atoms with Crippen molar-refractivity contribution in [3.63, 3.8) is 0 Å². The molecule has 0 atom stereocenters. The summed E-state index contributed by atoms with van der Waals surface area (Å²) in [7, 11) is 0. The van der Waals surface area contributed by atoms with Crippen LogP contribution in [0.15, 0.2) is 40.5 Å². The maximum absolute atomic E-state index is 13.1. The number of carbonyl (C=O) groups is 2. The molecule has 5 rings (SSSR count). The van der Waals surface area contributed by atoms with Crippen molar-refractivity contribution in [2.24, 2.45) is 11.7 Å². The second-order valence-electron chi connectivity index (χ2n) is 9.79. The average molecular weight is 558 g/mol. The molecule has 2 aliphatic heterocycles. The van der Waals surface area contributed by atoms with E-state index in [1.165, 1.54) is 27.8 Å². The fraction of sp³-hybridized carbons (Fsp3) is 0.444. The third kappa shape index (κ3) is 5.26. The molecular weight excluding hydrogens is 528 g/mol. The Morgan fingerprint density at radius 1 is 1.00 bits per heavy atom. The molecule has 1 aromatic carbocycles. The summed E-state index contributed by atoms with van der Waals surface area (Å²) in [5.74, 6) is 0.549. The molecule has 3 amide bonds. The van der Waals surface area contributed by atoms with Gasteiger partial charge in [-0.2, -0.15) is 0 Å². The highest BCUT2D eigenvalue weighted by Gasteiger charge is 2.29. The molecule has 35 heavy (non-hydrogen) atoms. The Bertz CT molecular complexity index is 1120. The molecule has 1 aromatic heterocycles. The van der Waals surface area contributed by atoms with Gasteiger partial charge in [0.2, 0.25) is 5.91 Å². The van der Waals surface area contributed by atoms with Gasteiger partial charge in [-0.05, 0) is 95.3 Å². The van der Waals surface area contributed by atoms with E-state index in [1.54, 1.807) is 4.90 Å². The Morgan fingerprint density at radius 3 is 2.43 bits per heavy atom. The van der Waals surface area contributed by atoms with Gasteiger partial charge in [-0.15, -0.1) is 0 Å². The number of nitrogens with two attached hydrogens (primary N) is 1. The Morgan fingerprint density at radius 2 is 1.71 bits per heavy atom. The predicted molar refractivity (Wildman–Crippen MR) is 141 cm³/mol. The zero-order chi connectivity index (χ0) is 24.5. The number of benzene rings is 1. The van der Waals surface area contributed by atoms with Crippen LogP contribution in [-0.4, -0.2) is 52.9 Å². The van der Waals surface area contributed by atoms with Crippen LogP contribution in [0, 0.1) is 5.92 Å². The summed E-state index contributed by atoms with van der Waals surface area (Å²) < 4.78 is 0.992. The zero-order valence-corrected chi connectivity index (χ0v) is 22.1. The van der Waals surface area contributed by atoms with Crippen LogP contribution in [0.25, 0.3) is 5.57 Å². The normalized spacial score (nSPS) is 18.7. The third-order valence-electron chi connectivity index (χ3n) is 7.63. The highest BCUT2D eigenvalue weighted by molar-refractivity contribution is 9.10. The topological polar surface area (TPSA) is 79.5 Å². The van der Waals surface area contributed by atoms with Crippen molar-refractivity contribution in [3.05, 3.63) is 67.9 Å². The number of hydrogen-bond donors (Lipinski definition) is 1. The molecule has 1 aliphatic carbocycles. The van der Waals surface area contributed by atoms with Gasteiger partial charge in [0.15, 0.2) is 0 Å². The average Bonchev–Trinajstić information content (AvgIpc) is 3.00. The van der Waals surface area contributed by atoms with Crippen LogP contribution in [0.4, 0.5) is 4.79 Å². The van der Waals surface area contributed by atoms with E-state index >= 15 is 0 Å². The first-order valence-corrected chi connectivity index (χ1v) is 13.5. The number of hydrogen-bond acceptors (Lipinski definition) is 3. The molecule has 2 saturated heterocycles. The molecule has 6 nitrogen and oxygen atoms in total. The summed E-state index contributed by atoms with van der Waals surface area (Å²) in [5.41, 5.74) is 12.8. The van der Waals surface area contributed by atoms with Crippen molar-refractivity contribution in [1.82, 2.24) is 14.8 Å². The standard InChI is InChI=1S/C27H30BrClN4O2/c28-21-14-20-2-1-19-15-22(29)3-4-23(19)25(26(20)31-16-21)18-7-11-32(12-8-18)24(34)13-17-5-9-33(10-6-17)27(30)35/h3-4,14-17H,1-2,5-13H2,(H2,30,35). The number of likely N-dealkylation sites (tertiary alicyclic amines) is 2. The van der Waals surface area contributed by atoms with Crippen LogP contribution >= 0.6 is 27.5 Å². The quantitative estimate of drug-likeness (QED) is 0.551. The van der Waals surface area contributed by atoms with Crippen LogP contribution in [-0.2, 0) is 17.6 Å². The minimum absolute atomic E-state index is 0.224. The first-order chi connectivity index (χ1) is 16.9. The van der Waals surface area contributed by atoms with Crippen molar-refractivity contribution in [2.75, 3.05) is 26.2 Å². The fourth-order valence-corrected chi connectivity index (χ4v) is 6.25. The van der Waals surface area contributed by atoms with Crippen LogP contribution < -0.4 is 5.73 Å². The van der Waals surface area contributed by atoms with E-state index < -0.39 is 0 Å². The van der Waals surface area contributed by atoms with Crippen LogP contribution in [0.2, 0.25) is 5.02 Å². The van der Waals surface area contributed by atoms with Gasteiger partial charge in [0, 0.05) is 53.9 Å². The van der Waals surface area contributed by atoms with E-state index in [-0.39, 0.29) is 11.9 Å². The summed E-state index contributed by atoms with van der Waals surface area (Å²) in [6.07, 6.45) is 7.66. The molecular formula is C27H30BrClN4O2. The smallest absolute Gasteiger partial charge is 0.314 e. The van der Waals surface area contributed by atoms with Crippen molar-refractivity contribution in [3.8, 4) is 0 Å². The number of pyridine rings is 1. The summed E-state index contributed by atoms with van der Waals surface area (Å²) in [5, 5.41) is 0.760. The highest BCUT2D eigenvalue weighted by atomic mass is 79.9. The number of carbonyl (C=O) groups excluding carboxylic acids is 2. The third-order valence-corrected chi connectivity index (χ3v) is 8.30. The molecule has 2 fully saturated rings. The lowest BCUT2D eigenvalue weighted by atomic mass is 9.88. The van der Waals surface area contributed by atoms with Gasteiger partial charge >= 0.3 is 6.03 Å². The number of piperidine rings is 2. The lowest BCUT2D eigenvalue weighted by Crippen LogP contribution is -2.43. The van der Waals surface area contributed by atoms with Gasteiger partial charge in [-0.1, -0.05) is 23.2 Å². The molecule has 3 aliphatic rings. The van der Waals surface area contributed by atoms with E-state index in [2.05, 4.69) is 34.1 Å². The summed E-state index contributed by atoms with van der Waals surface area (Å²) in [6.45, 7) is 2.75. The SMILES string of the molecule is NC(=O)N1CCC(CC(=O)N2CCC(=C3c4ccc(Cl)cc4CCc4cc(Br)cnc43)CC2)CC1. The molecule has 0 bridgehead atoms. The number of urea groups is 1. The summed E-state index contributed by atoms with van der Waals surface area (Å²) in [6, 6.07) is 8.00.